The van der Waals surface area contributed by atoms with Crippen LogP contribution in [0, 0.1) is 11.8 Å². The molecule has 0 aromatic carbocycles. The third kappa shape index (κ3) is 34.0. The average Bonchev–Trinajstić information content (AvgIpc) is 3.24. The van der Waals surface area contributed by atoms with E-state index < -0.39 is 0 Å². The number of rotatable bonds is 44. The van der Waals surface area contributed by atoms with Crippen molar-refractivity contribution in [3.05, 3.63) is 0 Å². The number of ether oxygens (including phenoxy) is 2. The first-order valence-electron chi connectivity index (χ1n) is 26.4. The van der Waals surface area contributed by atoms with E-state index in [1.807, 2.05) is 0 Å². The molecule has 0 aromatic heterocycles. The van der Waals surface area contributed by atoms with Gasteiger partial charge in [0.25, 0.3) is 0 Å². The minimum Gasteiger partial charge on any atom is -0.465 e. The fraction of sp³-hybridized carbons (Fsp3) is 0.962. The van der Waals surface area contributed by atoms with Crippen LogP contribution < -0.4 is 0 Å². The summed E-state index contributed by atoms with van der Waals surface area (Å²) in [5.74, 6) is 0.352. The molecule has 0 amide bonds. The van der Waals surface area contributed by atoms with Crippen molar-refractivity contribution in [1.82, 2.24) is 14.7 Å². The van der Waals surface area contributed by atoms with Gasteiger partial charge in [0.1, 0.15) is 0 Å². The molecule has 2 unspecified atom stereocenters. The number of carbonyl (C=O) groups is 2. The molecule has 0 aromatic rings. The summed E-state index contributed by atoms with van der Waals surface area (Å²) in [5, 5.41) is 0. The van der Waals surface area contributed by atoms with Gasteiger partial charge >= 0.3 is 11.9 Å². The molecule has 1 saturated heterocycles. The molecular formula is C52H103N3O4. The SMILES string of the molecule is CCCCCCCCC(CCCCCC)C(=O)OCCCCCCN(CCCCCCOC(=O)C(CCCCCC)CCCCCCCC)CCCN1CCN(C)CC1. The van der Waals surface area contributed by atoms with Gasteiger partial charge in [-0.25, -0.2) is 0 Å². The Kier molecular flexibility index (Phi) is 39.9. The number of likely N-dealkylation sites (N-methyl/N-ethyl adjacent to an activating group) is 1. The fourth-order valence-electron chi connectivity index (χ4n) is 8.83. The van der Waals surface area contributed by atoms with E-state index in [2.05, 4.69) is 49.4 Å². The predicted molar refractivity (Wildman–Crippen MR) is 254 cm³/mol. The van der Waals surface area contributed by atoms with Crippen LogP contribution in [0.15, 0.2) is 0 Å². The average molecular weight is 834 g/mol. The topological polar surface area (TPSA) is 62.3 Å². The summed E-state index contributed by atoms with van der Waals surface area (Å²) in [7, 11) is 2.24. The van der Waals surface area contributed by atoms with E-state index in [1.165, 1.54) is 174 Å². The van der Waals surface area contributed by atoms with Gasteiger partial charge in [-0.2, -0.15) is 0 Å². The molecular weight excluding hydrogens is 731 g/mol. The fourth-order valence-corrected chi connectivity index (χ4v) is 8.83. The van der Waals surface area contributed by atoms with Crippen LogP contribution in [-0.4, -0.2) is 99.3 Å². The highest BCUT2D eigenvalue weighted by Gasteiger charge is 2.21. The van der Waals surface area contributed by atoms with E-state index in [-0.39, 0.29) is 23.8 Å². The van der Waals surface area contributed by atoms with Crippen molar-refractivity contribution in [2.45, 2.75) is 240 Å². The molecule has 1 fully saturated rings. The zero-order valence-corrected chi connectivity index (χ0v) is 40.5. The van der Waals surface area contributed by atoms with Gasteiger partial charge in [0, 0.05) is 26.2 Å². The second-order valence-electron chi connectivity index (χ2n) is 18.7. The molecule has 1 rings (SSSR count). The summed E-state index contributed by atoms with van der Waals surface area (Å²) in [5.41, 5.74) is 0. The normalized spacial score (nSPS) is 14.9. The van der Waals surface area contributed by atoms with Crippen molar-refractivity contribution in [2.75, 3.05) is 72.6 Å². The van der Waals surface area contributed by atoms with Crippen molar-refractivity contribution in [1.29, 1.82) is 0 Å². The Morgan fingerprint density at radius 3 is 1.15 bits per heavy atom. The zero-order chi connectivity index (χ0) is 42.9. The highest BCUT2D eigenvalue weighted by Crippen LogP contribution is 2.22. The number of piperazine rings is 1. The number of carbonyl (C=O) groups excluding carboxylic acids is 2. The Labute approximate surface area is 368 Å². The van der Waals surface area contributed by atoms with Gasteiger partial charge in [-0.15, -0.1) is 0 Å². The van der Waals surface area contributed by atoms with Crippen LogP contribution in [0.1, 0.15) is 240 Å². The highest BCUT2D eigenvalue weighted by atomic mass is 16.5. The van der Waals surface area contributed by atoms with Crippen LogP contribution in [0.25, 0.3) is 0 Å². The monoisotopic (exact) mass is 834 g/mol. The lowest BCUT2D eigenvalue weighted by Gasteiger charge is -2.33. The van der Waals surface area contributed by atoms with Gasteiger partial charge < -0.3 is 24.2 Å². The maximum Gasteiger partial charge on any atom is 0.308 e. The minimum atomic E-state index is 0.0743. The van der Waals surface area contributed by atoms with E-state index in [0.29, 0.717) is 13.2 Å². The number of hydrogen-bond acceptors (Lipinski definition) is 7. The summed E-state index contributed by atoms with van der Waals surface area (Å²) >= 11 is 0. The molecule has 0 aliphatic carbocycles. The zero-order valence-electron chi connectivity index (χ0n) is 40.5. The quantitative estimate of drug-likeness (QED) is 0.0447. The Morgan fingerprint density at radius 2 is 0.746 bits per heavy atom. The minimum absolute atomic E-state index is 0.0743. The van der Waals surface area contributed by atoms with Crippen molar-refractivity contribution in [3.63, 3.8) is 0 Å². The summed E-state index contributed by atoms with van der Waals surface area (Å²) < 4.78 is 11.8. The van der Waals surface area contributed by atoms with Gasteiger partial charge in [-0.05, 0) is 91.0 Å². The van der Waals surface area contributed by atoms with Gasteiger partial charge in [0.15, 0.2) is 0 Å². The first-order chi connectivity index (χ1) is 28.9. The molecule has 1 aliphatic heterocycles. The van der Waals surface area contributed by atoms with E-state index in [1.54, 1.807) is 0 Å². The highest BCUT2D eigenvalue weighted by molar-refractivity contribution is 5.72. The Bertz CT molecular complexity index is 852. The molecule has 7 nitrogen and oxygen atoms in total. The largest absolute Gasteiger partial charge is 0.465 e. The molecule has 59 heavy (non-hydrogen) atoms. The predicted octanol–water partition coefficient (Wildman–Crippen LogP) is 13.8. The van der Waals surface area contributed by atoms with Crippen molar-refractivity contribution in [3.8, 4) is 0 Å². The number of hydrogen-bond donors (Lipinski definition) is 0. The molecule has 0 spiro atoms. The van der Waals surface area contributed by atoms with Crippen LogP contribution in [0.3, 0.4) is 0 Å². The Morgan fingerprint density at radius 1 is 0.424 bits per heavy atom. The lowest BCUT2D eigenvalue weighted by atomic mass is 9.94. The number of nitrogens with zero attached hydrogens (tertiary/aromatic N) is 3. The van der Waals surface area contributed by atoms with Gasteiger partial charge in [-0.1, -0.05) is 182 Å². The first kappa shape index (κ1) is 55.8. The molecule has 2 atom stereocenters. The van der Waals surface area contributed by atoms with Crippen LogP contribution in [0.5, 0.6) is 0 Å². The molecule has 350 valence electrons. The molecule has 1 heterocycles. The van der Waals surface area contributed by atoms with Crippen LogP contribution in [-0.2, 0) is 19.1 Å². The molecule has 0 radical (unpaired) electrons. The molecule has 0 saturated carbocycles. The summed E-state index contributed by atoms with van der Waals surface area (Å²) in [6.07, 6.45) is 39.5. The van der Waals surface area contributed by atoms with E-state index in [9.17, 15) is 9.59 Å². The van der Waals surface area contributed by atoms with E-state index >= 15 is 0 Å². The number of unbranched alkanes of at least 4 members (excludes halogenated alkanes) is 22. The standard InChI is InChI=1S/C52H103N3O4/c1-6-10-14-18-20-28-37-49(35-26-16-12-8-3)51(56)58-47-32-24-22-30-39-54(41-34-42-55-45-43-53(5)44-46-55)40-31-23-25-33-48-59-52(57)50(36-27-17-13-9-4)38-29-21-19-15-11-7-2/h49-50H,6-48H2,1-5H3. The summed E-state index contributed by atoms with van der Waals surface area (Å²) in [6, 6.07) is 0. The summed E-state index contributed by atoms with van der Waals surface area (Å²) in [4.78, 5) is 34.0. The molecule has 7 heteroatoms. The maximum absolute atomic E-state index is 13.1. The first-order valence-corrected chi connectivity index (χ1v) is 26.4. The second kappa shape index (κ2) is 42.1. The third-order valence-corrected chi connectivity index (χ3v) is 13.1. The maximum atomic E-state index is 13.1. The molecule has 0 bridgehead atoms. The Hall–Kier alpha value is -1.18. The van der Waals surface area contributed by atoms with E-state index in [4.69, 9.17) is 9.47 Å². The van der Waals surface area contributed by atoms with E-state index in [0.717, 1.165) is 90.1 Å². The summed E-state index contributed by atoms with van der Waals surface area (Å²) in [6.45, 7) is 19.7. The van der Waals surface area contributed by atoms with Gasteiger partial charge in [0.2, 0.25) is 0 Å². The van der Waals surface area contributed by atoms with Crippen molar-refractivity contribution in [2.24, 2.45) is 11.8 Å². The van der Waals surface area contributed by atoms with Crippen molar-refractivity contribution < 1.29 is 19.1 Å². The third-order valence-electron chi connectivity index (χ3n) is 13.1. The van der Waals surface area contributed by atoms with Crippen LogP contribution in [0.2, 0.25) is 0 Å². The van der Waals surface area contributed by atoms with Crippen LogP contribution >= 0.6 is 0 Å². The molecule has 0 N–H and O–H groups in total. The number of esters is 2. The second-order valence-corrected chi connectivity index (χ2v) is 18.7. The Balaban J connectivity index is 2.42. The van der Waals surface area contributed by atoms with Crippen LogP contribution in [0.4, 0.5) is 0 Å². The lowest BCUT2D eigenvalue weighted by molar-refractivity contribution is -0.150. The van der Waals surface area contributed by atoms with Crippen molar-refractivity contribution >= 4 is 11.9 Å². The molecule has 1 aliphatic rings. The smallest absolute Gasteiger partial charge is 0.308 e. The van der Waals surface area contributed by atoms with Gasteiger partial charge in [-0.3, -0.25) is 9.59 Å². The van der Waals surface area contributed by atoms with Gasteiger partial charge in [0.05, 0.1) is 25.0 Å². The lowest BCUT2D eigenvalue weighted by Crippen LogP contribution is -2.45.